The maximum atomic E-state index is 13.5. The second-order valence-corrected chi connectivity index (χ2v) is 9.00. The molecule has 174 valence electrons. The number of hydrogen-bond acceptors (Lipinski definition) is 5. The number of fused-ring (bicyclic) bond motifs is 1. The molecular weight excluding hydrogens is 428 g/mol. The van der Waals surface area contributed by atoms with E-state index in [0.29, 0.717) is 23.4 Å². The van der Waals surface area contributed by atoms with E-state index in [1.807, 2.05) is 42.5 Å². The summed E-state index contributed by atoms with van der Waals surface area (Å²) in [6.45, 7) is 0. The molecule has 2 aromatic heterocycles. The molecule has 1 saturated carbocycles. The summed E-state index contributed by atoms with van der Waals surface area (Å²) in [5.41, 5.74) is 9.92. The molecule has 4 aromatic rings. The molecule has 0 atom stereocenters. The Balaban J connectivity index is 1.67. The second-order valence-electron chi connectivity index (χ2n) is 9.00. The lowest BCUT2D eigenvalue weighted by atomic mass is 9.72. The maximum Gasteiger partial charge on any atom is 0.265 e. The second kappa shape index (κ2) is 8.57. The molecule has 2 heterocycles. The Labute approximate surface area is 197 Å². The number of carbonyl (C=O) groups excluding carboxylic acids is 1. The third-order valence-corrected chi connectivity index (χ3v) is 6.91. The third kappa shape index (κ3) is 3.72. The van der Waals surface area contributed by atoms with E-state index < -0.39 is 0 Å². The molecule has 0 unspecified atom stereocenters. The molecule has 0 saturated heterocycles. The van der Waals surface area contributed by atoms with Crippen molar-refractivity contribution in [1.29, 1.82) is 0 Å². The van der Waals surface area contributed by atoms with E-state index in [1.165, 1.54) is 4.57 Å². The van der Waals surface area contributed by atoms with Gasteiger partial charge in [0.05, 0.1) is 0 Å². The minimum Gasteiger partial charge on any atom is -0.437 e. The summed E-state index contributed by atoms with van der Waals surface area (Å²) in [6.07, 6.45) is 3.71. The van der Waals surface area contributed by atoms with E-state index >= 15 is 0 Å². The van der Waals surface area contributed by atoms with Crippen LogP contribution in [0.3, 0.4) is 0 Å². The van der Waals surface area contributed by atoms with Crippen molar-refractivity contribution in [2.75, 3.05) is 7.05 Å². The number of nitrogens with one attached hydrogen (secondary N) is 1. The molecule has 0 spiro atoms. The molecule has 0 bridgehead atoms. The van der Waals surface area contributed by atoms with Gasteiger partial charge in [0, 0.05) is 43.6 Å². The van der Waals surface area contributed by atoms with Gasteiger partial charge in [0.15, 0.2) is 0 Å². The van der Waals surface area contributed by atoms with Crippen LogP contribution in [0.5, 0.6) is 0 Å². The minimum absolute atomic E-state index is 0.108. The monoisotopic (exact) mass is 456 g/mol. The SMILES string of the molecule is CNC(=O)CCc1nc2oc(-c3ccc(C4(N)CCC4)cc3)c(-c3ccccc3)c2c(=O)n1C. The van der Waals surface area contributed by atoms with Gasteiger partial charge >= 0.3 is 0 Å². The highest BCUT2D eigenvalue weighted by Crippen LogP contribution is 2.42. The quantitative estimate of drug-likeness (QED) is 0.458. The average molecular weight is 457 g/mol. The number of nitrogens with two attached hydrogens (primary N) is 1. The van der Waals surface area contributed by atoms with Crippen LogP contribution in [0.4, 0.5) is 0 Å². The molecule has 7 nitrogen and oxygen atoms in total. The molecule has 34 heavy (non-hydrogen) atoms. The van der Waals surface area contributed by atoms with E-state index in [9.17, 15) is 9.59 Å². The summed E-state index contributed by atoms with van der Waals surface area (Å²) >= 11 is 0. The smallest absolute Gasteiger partial charge is 0.265 e. The highest BCUT2D eigenvalue weighted by atomic mass is 16.3. The van der Waals surface area contributed by atoms with Crippen molar-refractivity contribution in [2.24, 2.45) is 12.8 Å². The average Bonchev–Trinajstić information content (AvgIpc) is 3.23. The van der Waals surface area contributed by atoms with Crippen LogP contribution in [-0.4, -0.2) is 22.5 Å². The van der Waals surface area contributed by atoms with Crippen molar-refractivity contribution in [1.82, 2.24) is 14.9 Å². The zero-order chi connectivity index (χ0) is 23.9. The molecule has 3 N–H and O–H groups in total. The Bertz CT molecular complexity index is 1410. The molecular formula is C27H28N4O3. The number of rotatable bonds is 6. The summed E-state index contributed by atoms with van der Waals surface area (Å²) in [5, 5.41) is 3.04. The van der Waals surface area contributed by atoms with Gasteiger partial charge < -0.3 is 15.5 Å². The van der Waals surface area contributed by atoms with Crippen LogP contribution >= 0.6 is 0 Å². The molecule has 5 rings (SSSR count). The summed E-state index contributed by atoms with van der Waals surface area (Å²) in [6, 6.07) is 17.8. The molecule has 1 aliphatic carbocycles. The molecule has 2 aromatic carbocycles. The van der Waals surface area contributed by atoms with E-state index in [0.717, 1.165) is 41.5 Å². The first-order chi connectivity index (χ1) is 16.4. The van der Waals surface area contributed by atoms with E-state index in [1.54, 1.807) is 14.1 Å². The van der Waals surface area contributed by atoms with Gasteiger partial charge in [0.2, 0.25) is 11.6 Å². The van der Waals surface area contributed by atoms with Crippen LogP contribution in [0.15, 0.2) is 63.8 Å². The third-order valence-electron chi connectivity index (χ3n) is 6.91. The number of amides is 1. The lowest BCUT2D eigenvalue weighted by molar-refractivity contribution is -0.120. The van der Waals surface area contributed by atoms with Gasteiger partial charge in [-0.25, -0.2) is 0 Å². The number of aromatic nitrogens is 2. The number of hydrogen-bond donors (Lipinski definition) is 2. The number of aryl methyl sites for hydroxylation is 1. The van der Waals surface area contributed by atoms with E-state index in [2.05, 4.69) is 22.4 Å². The van der Waals surface area contributed by atoms with E-state index in [4.69, 9.17) is 10.2 Å². The highest BCUT2D eigenvalue weighted by molar-refractivity contribution is 6.00. The van der Waals surface area contributed by atoms with Crippen molar-refractivity contribution in [3.05, 3.63) is 76.3 Å². The molecule has 1 aliphatic rings. The van der Waals surface area contributed by atoms with Crippen molar-refractivity contribution in [3.63, 3.8) is 0 Å². The van der Waals surface area contributed by atoms with Crippen LogP contribution in [0.1, 0.15) is 37.1 Å². The lowest BCUT2D eigenvalue weighted by Gasteiger charge is -2.38. The van der Waals surface area contributed by atoms with Gasteiger partial charge in [-0.15, -0.1) is 0 Å². The van der Waals surface area contributed by atoms with Gasteiger partial charge in [-0.1, -0.05) is 54.6 Å². The van der Waals surface area contributed by atoms with Gasteiger partial charge in [-0.2, -0.15) is 4.98 Å². The first-order valence-electron chi connectivity index (χ1n) is 11.6. The van der Waals surface area contributed by atoms with Crippen LogP contribution in [0, 0.1) is 0 Å². The van der Waals surface area contributed by atoms with Gasteiger partial charge in [0.25, 0.3) is 5.56 Å². The van der Waals surface area contributed by atoms with Crippen LogP contribution in [-0.2, 0) is 23.8 Å². The lowest BCUT2D eigenvalue weighted by Crippen LogP contribution is -2.43. The predicted octanol–water partition coefficient (Wildman–Crippen LogP) is 3.88. The summed E-state index contributed by atoms with van der Waals surface area (Å²) in [7, 11) is 3.27. The fourth-order valence-corrected chi connectivity index (χ4v) is 4.63. The van der Waals surface area contributed by atoms with Gasteiger partial charge in [-0.3, -0.25) is 14.2 Å². The Morgan fingerprint density at radius 1 is 1.12 bits per heavy atom. The standard InChI is InChI=1S/C27H28N4O3/c1-29-21(32)14-13-20-30-25-23(26(33)31(20)2)22(17-7-4-3-5-8-17)24(34-25)18-9-11-19(12-10-18)27(28)15-6-16-27/h3-5,7-12H,6,13-16,28H2,1-2H3,(H,29,32). The Morgan fingerprint density at radius 2 is 1.82 bits per heavy atom. The Kier molecular flexibility index (Phi) is 5.57. The number of furan rings is 1. The molecule has 0 radical (unpaired) electrons. The Morgan fingerprint density at radius 3 is 2.44 bits per heavy atom. The highest BCUT2D eigenvalue weighted by Gasteiger charge is 2.34. The Hall–Kier alpha value is -3.71. The fraction of sp³-hybridized carbons (Fsp3) is 0.296. The maximum absolute atomic E-state index is 13.5. The van der Waals surface area contributed by atoms with Crippen LogP contribution in [0.25, 0.3) is 33.6 Å². The zero-order valence-corrected chi connectivity index (χ0v) is 19.4. The van der Waals surface area contributed by atoms with Crippen molar-refractivity contribution >= 4 is 17.0 Å². The number of benzene rings is 2. The van der Waals surface area contributed by atoms with Crippen LogP contribution < -0.4 is 16.6 Å². The van der Waals surface area contributed by atoms with Crippen molar-refractivity contribution in [3.8, 4) is 22.5 Å². The topological polar surface area (TPSA) is 103 Å². The number of nitrogens with zero attached hydrogens (tertiary/aromatic N) is 2. The summed E-state index contributed by atoms with van der Waals surface area (Å²) in [5.74, 6) is 0.996. The number of carbonyl (C=O) groups is 1. The molecule has 0 aliphatic heterocycles. The largest absolute Gasteiger partial charge is 0.437 e. The van der Waals surface area contributed by atoms with Crippen LogP contribution in [0.2, 0.25) is 0 Å². The first-order valence-corrected chi connectivity index (χ1v) is 11.6. The molecule has 1 amide bonds. The predicted molar refractivity (Wildman–Crippen MR) is 132 cm³/mol. The van der Waals surface area contributed by atoms with Gasteiger partial charge in [-0.05, 0) is 30.4 Å². The van der Waals surface area contributed by atoms with E-state index in [-0.39, 0.29) is 29.1 Å². The zero-order valence-electron chi connectivity index (χ0n) is 19.4. The first kappa shape index (κ1) is 22.1. The van der Waals surface area contributed by atoms with Crippen molar-refractivity contribution < 1.29 is 9.21 Å². The summed E-state index contributed by atoms with van der Waals surface area (Å²) < 4.78 is 7.77. The minimum atomic E-state index is -0.244. The van der Waals surface area contributed by atoms with Gasteiger partial charge in [0.1, 0.15) is 17.0 Å². The normalized spacial score (nSPS) is 14.7. The molecule has 1 fully saturated rings. The van der Waals surface area contributed by atoms with Crippen molar-refractivity contribution in [2.45, 2.75) is 37.6 Å². The summed E-state index contributed by atoms with van der Waals surface area (Å²) in [4.78, 5) is 29.9. The fourth-order valence-electron chi connectivity index (χ4n) is 4.63. The molecule has 7 heteroatoms.